The van der Waals surface area contributed by atoms with E-state index in [1.807, 2.05) is 12.1 Å². The first-order valence-electron chi connectivity index (χ1n) is 7.00. The predicted octanol–water partition coefficient (Wildman–Crippen LogP) is 3.42. The Balaban J connectivity index is 1.95. The lowest BCUT2D eigenvalue weighted by molar-refractivity contribution is 0.0957. The molecule has 0 spiro atoms. The Morgan fingerprint density at radius 2 is 2.05 bits per heavy atom. The number of rotatable bonds is 7. The Morgan fingerprint density at radius 1 is 1.29 bits per heavy atom. The van der Waals surface area contributed by atoms with E-state index < -0.39 is 0 Å². The van der Waals surface area contributed by atoms with Crippen LogP contribution in [0.5, 0.6) is 0 Å². The van der Waals surface area contributed by atoms with Crippen LogP contribution < -0.4 is 11.1 Å². The van der Waals surface area contributed by atoms with E-state index in [-0.39, 0.29) is 12.5 Å². The minimum Gasteiger partial charge on any atom is -0.397 e. The predicted molar refractivity (Wildman–Crippen MR) is 89.1 cm³/mol. The summed E-state index contributed by atoms with van der Waals surface area (Å²) < 4.78 is 0.924. The van der Waals surface area contributed by atoms with Crippen molar-refractivity contribution in [1.29, 1.82) is 0 Å². The SMILES string of the molecule is Nc1c(C(=O)NCCCCCCO)sc2cc(Cl)ccc12. The fourth-order valence-electron chi connectivity index (χ4n) is 2.13. The van der Waals surface area contributed by atoms with Crippen LogP contribution in [-0.2, 0) is 0 Å². The molecule has 0 unspecified atom stereocenters. The van der Waals surface area contributed by atoms with Crippen LogP contribution in [0.25, 0.3) is 10.1 Å². The lowest BCUT2D eigenvalue weighted by Gasteiger charge is -2.04. The molecule has 1 amide bonds. The highest BCUT2D eigenvalue weighted by molar-refractivity contribution is 7.21. The van der Waals surface area contributed by atoms with E-state index in [2.05, 4.69) is 5.32 Å². The number of unbranched alkanes of at least 4 members (excludes halogenated alkanes) is 3. The summed E-state index contributed by atoms with van der Waals surface area (Å²) in [6.07, 6.45) is 3.70. The molecular formula is C15H19ClN2O2S. The molecule has 0 radical (unpaired) electrons. The highest BCUT2D eigenvalue weighted by Crippen LogP contribution is 2.35. The smallest absolute Gasteiger partial charge is 0.263 e. The van der Waals surface area contributed by atoms with E-state index in [4.69, 9.17) is 22.4 Å². The number of nitrogens with one attached hydrogen (secondary N) is 1. The first-order chi connectivity index (χ1) is 10.1. The van der Waals surface area contributed by atoms with Gasteiger partial charge in [-0.25, -0.2) is 0 Å². The van der Waals surface area contributed by atoms with Crippen molar-refractivity contribution in [2.24, 2.45) is 0 Å². The maximum atomic E-state index is 12.2. The largest absolute Gasteiger partial charge is 0.397 e. The molecule has 2 aromatic rings. The lowest BCUT2D eigenvalue weighted by atomic mass is 10.2. The fourth-order valence-corrected chi connectivity index (χ4v) is 3.45. The first-order valence-corrected chi connectivity index (χ1v) is 8.19. The molecule has 0 aliphatic rings. The van der Waals surface area contributed by atoms with Gasteiger partial charge in [0.05, 0.1) is 5.69 Å². The third-order valence-electron chi connectivity index (χ3n) is 3.27. The molecule has 0 aliphatic carbocycles. The Labute approximate surface area is 132 Å². The topological polar surface area (TPSA) is 75.4 Å². The zero-order chi connectivity index (χ0) is 15.2. The van der Waals surface area contributed by atoms with E-state index >= 15 is 0 Å². The molecule has 1 aromatic heterocycles. The van der Waals surface area contributed by atoms with Gasteiger partial charge in [-0.3, -0.25) is 4.79 Å². The van der Waals surface area contributed by atoms with E-state index in [0.29, 0.717) is 22.1 Å². The van der Waals surface area contributed by atoms with Crippen LogP contribution in [-0.4, -0.2) is 24.2 Å². The summed E-state index contributed by atoms with van der Waals surface area (Å²) in [7, 11) is 0. The van der Waals surface area contributed by atoms with Gasteiger partial charge in [-0.05, 0) is 31.0 Å². The van der Waals surface area contributed by atoms with Gasteiger partial charge >= 0.3 is 0 Å². The lowest BCUT2D eigenvalue weighted by Crippen LogP contribution is -2.24. The Bertz CT molecular complexity index is 627. The van der Waals surface area contributed by atoms with Gasteiger partial charge in [0, 0.05) is 28.3 Å². The van der Waals surface area contributed by atoms with Crippen LogP contribution in [0.2, 0.25) is 5.02 Å². The zero-order valence-corrected chi connectivity index (χ0v) is 13.3. The number of carbonyl (C=O) groups is 1. The summed E-state index contributed by atoms with van der Waals surface area (Å²) in [5.74, 6) is -0.132. The van der Waals surface area contributed by atoms with Crippen molar-refractivity contribution in [3.63, 3.8) is 0 Å². The number of carbonyl (C=O) groups excluding carboxylic acids is 1. The third-order valence-corrected chi connectivity index (χ3v) is 4.67. The van der Waals surface area contributed by atoms with Gasteiger partial charge in [-0.15, -0.1) is 11.3 Å². The molecule has 0 aliphatic heterocycles. The maximum absolute atomic E-state index is 12.2. The Morgan fingerprint density at radius 3 is 2.81 bits per heavy atom. The van der Waals surface area contributed by atoms with Gasteiger partial charge in [0.1, 0.15) is 4.88 Å². The second-order valence-corrected chi connectivity index (χ2v) is 6.37. The third kappa shape index (κ3) is 4.09. The highest BCUT2D eigenvalue weighted by Gasteiger charge is 2.15. The number of hydrogen-bond donors (Lipinski definition) is 3. The van der Waals surface area contributed by atoms with Crippen molar-refractivity contribution in [3.8, 4) is 0 Å². The van der Waals surface area contributed by atoms with Gasteiger partial charge in [0.2, 0.25) is 0 Å². The average molecular weight is 327 g/mol. The average Bonchev–Trinajstić information content (AvgIpc) is 2.79. The molecule has 0 atom stereocenters. The summed E-state index contributed by atoms with van der Waals surface area (Å²) in [5.41, 5.74) is 6.56. The first kappa shape index (κ1) is 16.1. The van der Waals surface area contributed by atoms with E-state index in [1.54, 1.807) is 6.07 Å². The number of aliphatic hydroxyl groups excluding tert-OH is 1. The molecule has 1 aromatic carbocycles. The maximum Gasteiger partial charge on any atom is 0.263 e. The normalized spacial score (nSPS) is 11.0. The van der Waals surface area contributed by atoms with Crippen LogP contribution in [0.15, 0.2) is 18.2 Å². The van der Waals surface area contributed by atoms with Gasteiger partial charge in [0.15, 0.2) is 0 Å². The van der Waals surface area contributed by atoms with Gasteiger partial charge in [0.25, 0.3) is 5.91 Å². The van der Waals surface area contributed by atoms with Crippen molar-refractivity contribution in [2.75, 3.05) is 18.9 Å². The van der Waals surface area contributed by atoms with E-state index in [9.17, 15) is 4.79 Å². The molecule has 4 nitrogen and oxygen atoms in total. The van der Waals surface area contributed by atoms with Crippen molar-refractivity contribution in [3.05, 3.63) is 28.1 Å². The van der Waals surface area contributed by atoms with Crippen LogP contribution >= 0.6 is 22.9 Å². The van der Waals surface area contributed by atoms with E-state index in [0.717, 1.165) is 35.8 Å². The van der Waals surface area contributed by atoms with Crippen LogP contribution in [0.1, 0.15) is 35.4 Å². The fraction of sp³-hybridized carbons (Fsp3) is 0.400. The molecular weight excluding hydrogens is 308 g/mol. The van der Waals surface area contributed by atoms with Gasteiger partial charge in [-0.2, -0.15) is 0 Å². The van der Waals surface area contributed by atoms with Crippen molar-refractivity contribution in [2.45, 2.75) is 25.7 Å². The molecule has 4 N–H and O–H groups in total. The minimum atomic E-state index is -0.132. The summed E-state index contributed by atoms with van der Waals surface area (Å²) in [6, 6.07) is 5.44. The highest BCUT2D eigenvalue weighted by atomic mass is 35.5. The zero-order valence-electron chi connectivity index (χ0n) is 11.7. The number of halogens is 1. The quantitative estimate of drug-likeness (QED) is 0.682. The van der Waals surface area contributed by atoms with Gasteiger partial charge in [-0.1, -0.05) is 24.4 Å². The number of fused-ring (bicyclic) bond motifs is 1. The second kappa shape index (κ2) is 7.64. The number of amides is 1. The monoisotopic (exact) mass is 326 g/mol. The van der Waals surface area contributed by atoms with Crippen LogP contribution in [0, 0.1) is 0 Å². The molecule has 6 heteroatoms. The number of nitrogen functional groups attached to an aromatic ring is 1. The summed E-state index contributed by atoms with van der Waals surface area (Å²) in [5, 5.41) is 13.1. The molecule has 2 rings (SSSR count). The number of hydrogen-bond acceptors (Lipinski definition) is 4. The number of nitrogens with two attached hydrogens (primary N) is 1. The molecule has 1 heterocycles. The molecule has 0 fully saturated rings. The van der Waals surface area contributed by atoms with Crippen molar-refractivity contribution >= 4 is 44.6 Å². The molecule has 0 saturated carbocycles. The van der Waals surface area contributed by atoms with Crippen LogP contribution in [0.3, 0.4) is 0 Å². The summed E-state index contributed by atoms with van der Waals surface area (Å²) in [4.78, 5) is 12.7. The standard InChI is InChI=1S/C15H19ClN2O2S/c16-10-5-6-11-12(9-10)21-14(13(11)17)15(20)18-7-3-1-2-4-8-19/h5-6,9,19H,1-4,7-8,17H2,(H,18,20). The van der Waals surface area contributed by atoms with Gasteiger partial charge < -0.3 is 16.2 Å². The summed E-state index contributed by atoms with van der Waals surface area (Å²) in [6.45, 7) is 0.853. The number of thiophene rings is 1. The van der Waals surface area contributed by atoms with Crippen molar-refractivity contribution < 1.29 is 9.90 Å². The second-order valence-electron chi connectivity index (χ2n) is 4.88. The minimum absolute atomic E-state index is 0.132. The molecule has 21 heavy (non-hydrogen) atoms. The van der Waals surface area contributed by atoms with E-state index in [1.165, 1.54) is 11.3 Å². The number of anilines is 1. The van der Waals surface area contributed by atoms with Crippen molar-refractivity contribution in [1.82, 2.24) is 5.32 Å². The number of benzene rings is 1. The van der Waals surface area contributed by atoms with Crippen LogP contribution in [0.4, 0.5) is 5.69 Å². The molecule has 114 valence electrons. The summed E-state index contributed by atoms with van der Waals surface area (Å²) >= 11 is 7.31. The molecule has 0 bridgehead atoms. The number of aliphatic hydroxyl groups is 1. The Kier molecular flexibility index (Phi) is 5.85. The Hall–Kier alpha value is -1.30. The molecule has 0 saturated heterocycles.